The molecule has 2 N–H and O–H groups in total. The van der Waals surface area contributed by atoms with E-state index in [9.17, 15) is 5.11 Å². The number of nitrogens with one attached hydrogen (secondary N) is 1. The highest BCUT2D eigenvalue weighted by atomic mass is 16.5. The number of anilines is 2. The molecule has 1 fully saturated rings. The SMILES string of the molecule is CCCc1c(NCC)ncnc1N1CCOCC1CO. The van der Waals surface area contributed by atoms with Gasteiger partial charge in [0.15, 0.2) is 0 Å². The van der Waals surface area contributed by atoms with Crippen LogP contribution in [0.15, 0.2) is 6.33 Å². The molecular formula is C14H24N4O2. The predicted molar refractivity (Wildman–Crippen MR) is 79.2 cm³/mol. The molecule has 1 aliphatic rings. The number of morpholine rings is 1. The molecule has 0 aliphatic carbocycles. The van der Waals surface area contributed by atoms with Gasteiger partial charge < -0.3 is 20.1 Å². The molecular weight excluding hydrogens is 256 g/mol. The van der Waals surface area contributed by atoms with Crippen LogP contribution in [-0.4, -0.2) is 54.0 Å². The summed E-state index contributed by atoms with van der Waals surface area (Å²) in [6.07, 6.45) is 3.55. The quantitative estimate of drug-likeness (QED) is 0.812. The Hall–Kier alpha value is -1.40. The third-order valence-corrected chi connectivity index (χ3v) is 3.48. The van der Waals surface area contributed by atoms with Gasteiger partial charge in [-0.25, -0.2) is 9.97 Å². The highest BCUT2D eigenvalue weighted by molar-refractivity contribution is 5.59. The van der Waals surface area contributed by atoms with Crippen molar-refractivity contribution in [1.29, 1.82) is 0 Å². The van der Waals surface area contributed by atoms with Crippen LogP contribution >= 0.6 is 0 Å². The summed E-state index contributed by atoms with van der Waals surface area (Å²) in [7, 11) is 0. The largest absolute Gasteiger partial charge is 0.394 e. The zero-order valence-corrected chi connectivity index (χ0v) is 12.3. The average molecular weight is 280 g/mol. The maximum Gasteiger partial charge on any atom is 0.137 e. The molecule has 1 aliphatic heterocycles. The molecule has 1 aromatic heterocycles. The molecule has 20 heavy (non-hydrogen) atoms. The first-order chi connectivity index (χ1) is 9.81. The fourth-order valence-electron chi connectivity index (χ4n) is 2.54. The van der Waals surface area contributed by atoms with Gasteiger partial charge in [0.1, 0.15) is 18.0 Å². The van der Waals surface area contributed by atoms with Crippen molar-refractivity contribution in [3.8, 4) is 0 Å². The summed E-state index contributed by atoms with van der Waals surface area (Å²) in [6.45, 7) is 7.08. The lowest BCUT2D eigenvalue weighted by atomic mass is 10.1. The second-order valence-corrected chi connectivity index (χ2v) is 4.91. The number of aliphatic hydroxyl groups excluding tert-OH is 1. The number of hydrogen-bond donors (Lipinski definition) is 2. The lowest BCUT2D eigenvalue weighted by molar-refractivity contribution is 0.0722. The van der Waals surface area contributed by atoms with E-state index in [-0.39, 0.29) is 12.6 Å². The van der Waals surface area contributed by atoms with Crippen molar-refractivity contribution in [1.82, 2.24) is 9.97 Å². The minimum absolute atomic E-state index is 0.0243. The van der Waals surface area contributed by atoms with Crippen LogP contribution in [0.5, 0.6) is 0 Å². The van der Waals surface area contributed by atoms with E-state index in [1.54, 1.807) is 6.33 Å². The molecule has 1 atom stereocenters. The zero-order chi connectivity index (χ0) is 14.4. The van der Waals surface area contributed by atoms with E-state index >= 15 is 0 Å². The lowest BCUT2D eigenvalue weighted by Crippen LogP contribution is -2.48. The van der Waals surface area contributed by atoms with E-state index in [2.05, 4.69) is 34.0 Å². The second kappa shape index (κ2) is 7.40. The van der Waals surface area contributed by atoms with Crippen molar-refractivity contribution >= 4 is 11.6 Å². The third-order valence-electron chi connectivity index (χ3n) is 3.48. The molecule has 0 bridgehead atoms. The monoisotopic (exact) mass is 280 g/mol. The molecule has 112 valence electrons. The van der Waals surface area contributed by atoms with Gasteiger partial charge >= 0.3 is 0 Å². The first kappa shape index (κ1) is 15.0. The van der Waals surface area contributed by atoms with Gasteiger partial charge in [-0.1, -0.05) is 13.3 Å². The van der Waals surface area contributed by atoms with Gasteiger partial charge in [0, 0.05) is 18.7 Å². The van der Waals surface area contributed by atoms with Crippen LogP contribution in [0.1, 0.15) is 25.8 Å². The smallest absolute Gasteiger partial charge is 0.137 e. The van der Waals surface area contributed by atoms with Crippen LogP contribution in [0.4, 0.5) is 11.6 Å². The Morgan fingerprint density at radius 1 is 1.45 bits per heavy atom. The molecule has 6 nitrogen and oxygen atoms in total. The van der Waals surface area contributed by atoms with E-state index in [1.807, 2.05) is 0 Å². The Kier molecular flexibility index (Phi) is 5.55. The number of ether oxygens (including phenoxy) is 1. The summed E-state index contributed by atoms with van der Waals surface area (Å²) in [5.41, 5.74) is 1.14. The molecule has 0 aromatic carbocycles. The molecule has 2 rings (SSSR count). The fourth-order valence-corrected chi connectivity index (χ4v) is 2.54. The normalized spacial score (nSPS) is 19.1. The highest BCUT2D eigenvalue weighted by Crippen LogP contribution is 2.27. The maximum absolute atomic E-state index is 9.54. The van der Waals surface area contributed by atoms with E-state index in [1.165, 1.54) is 0 Å². The average Bonchev–Trinajstić information content (AvgIpc) is 2.49. The Balaban J connectivity index is 2.35. The minimum atomic E-state index is -0.0243. The summed E-state index contributed by atoms with van der Waals surface area (Å²) in [6, 6.07) is -0.0243. The second-order valence-electron chi connectivity index (χ2n) is 4.91. The van der Waals surface area contributed by atoms with Gasteiger partial charge in [0.2, 0.25) is 0 Å². The summed E-state index contributed by atoms with van der Waals surface area (Å²) in [4.78, 5) is 11.0. The van der Waals surface area contributed by atoms with Crippen LogP contribution in [-0.2, 0) is 11.2 Å². The molecule has 6 heteroatoms. The van der Waals surface area contributed by atoms with E-state index in [4.69, 9.17) is 4.74 Å². The molecule has 0 saturated carbocycles. The van der Waals surface area contributed by atoms with Crippen LogP contribution in [0.2, 0.25) is 0 Å². The molecule has 1 saturated heterocycles. The van der Waals surface area contributed by atoms with Gasteiger partial charge in [0.05, 0.1) is 25.9 Å². The Morgan fingerprint density at radius 2 is 2.30 bits per heavy atom. The van der Waals surface area contributed by atoms with Gasteiger partial charge in [0.25, 0.3) is 0 Å². The predicted octanol–water partition coefficient (Wildman–Crippen LogP) is 1.06. The number of nitrogens with zero attached hydrogens (tertiary/aromatic N) is 3. The van der Waals surface area contributed by atoms with E-state index in [0.717, 1.165) is 43.1 Å². The van der Waals surface area contributed by atoms with Crippen molar-refractivity contribution < 1.29 is 9.84 Å². The zero-order valence-electron chi connectivity index (χ0n) is 12.3. The molecule has 1 unspecified atom stereocenters. The van der Waals surface area contributed by atoms with Crippen molar-refractivity contribution in [3.05, 3.63) is 11.9 Å². The fraction of sp³-hybridized carbons (Fsp3) is 0.714. The van der Waals surface area contributed by atoms with Crippen molar-refractivity contribution in [2.45, 2.75) is 32.7 Å². The summed E-state index contributed by atoms with van der Waals surface area (Å²) in [5, 5.41) is 12.8. The Labute approximate surface area is 120 Å². The van der Waals surface area contributed by atoms with Gasteiger partial charge in [-0.2, -0.15) is 0 Å². The first-order valence-electron chi connectivity index (χ1n) is 7.34. The van der Waals surface area contributed by atoms with E-state index in [0.29, 0.717) is 13.2 Å². The highest BCUT2D eigenvalue weighted by Gasteiger charge is 2.26. The Bertz CT molecular complexity index is 428. The summed E-state index contributed by atoms with van der Waals surface area (Å²) >= 11 is 0. The Morgan fingerprint density at radius 3 is 3.00 bits per heavy atom. The van der Waals surface area contributed by atoms with Crippen LogP contribution in [0.25, 0.3) is 0 Å². The number of aliphatic hydroxyl groups is 1. The molecule has 2 heterocycles. The number of aromatic nitrogens is 2. The topological polar surface area (TPSA) is 70.5 Å². The van der Waals surface area contributed by atoms with Crippen LogP contribution in [0.3, 0.4) is 0 Å². The summed E-state index contributed by atoms with van der Waals surface area (Å²) < 4.78 is 5.44. The lowest BCUT2D eigenvalue weighted by Gasteiger charge is -2.36. The van der Waals surface area contributed by atoms with Gasteiger partial charge in [-0.05, 0) is 13.3 Å². The van der Waals surface area contributed by atoms with Crippen LogP contribution < -0.4 is 10.2 Å². The standard InChI is InChI=1S/C14H24N4O2/c1-3-5-12-13(15-4-2)16-10-17-14(12)18-6-7-20-9-11(18)8-19/h10-11,19H,3-9H2,1-2H3,(H,15,16,17). The van der Waals surface area contributed by atoms with Gasteiger partial charge in [-0.15, -0.1) is 0 Å². The first-order valence-corrected chi connectivity index (χ1v) is 7.34. The number of hydrogen-bond acceptors (Lipinski definition) is 6. The minimum Gasteiger partial charge on any atom is -0.394 e. The van der Waals surface area contributed by atoms with Crippen molar-refractivity contribution in [2.75, 3.05) is 43.1 Å². The van der Waals surface area contributed by atoms with E-state index < -0.39 is 0 Å². The summed E-state index contributed by atoms with van der Waals surface area (Å²) in [5.74, 6) is 1.84. The molecule has 0 amide bonds. The van der Waals surface area contributed by atoms with Gasteiger partial charge in [-0.3, -0.25) is 0 Å². The molecule has 1 aromatic rings. The maximum atomic E-state index is 9.54. The third kappa shape index (κ3) is 3.19. The van der Waals surface area contributed by atoms with Crippen molar-refractivity contribution in [2.24, 2.45) is 0 Å². The van der Waals surface area contributed by atoms with Crippen LogP contribution in [0, 0.1) is 0 Å². The van der Waals surface area contributed by atoms with Crippen molar-refractivity contribution in [3.63, 3.8) is 0 Å². The number of rotatable bonds is 6. The molecule has 0 radical (unpaired) electrons. The molecule has 0 spiro atoms.